The molecule has 0 fully saturated rings. The molecule has 2 N–H and O–H groups in total. The maximum Gasteiger partial charge on any atom is 0.191 e. The minimum Gasteiger partial charge on any atom is -0.469 e. The predicted molar refractivity (Wildman–Crippen MR) is 96.0 cm³/mol. The van der Waals surface area contributed by atoms with Crippen molar-refractivity contribution in [3.8, 4) is 0 Å². The van der Waals surface area contributed by atoms with Crippen LogP contribution in [0.4, 0.5) is 0 Å². The first kappa shape index (κ1) is 17.5. The quantitative estimate of drug-likeness (QED) is 0.601. The maximum atomic E-state index is 5.35. The first-order chi connectivity index (χ1) is 11.1. The summed E-state index contributed by atoms with van der Waals surface area (Å²) in [5.74, 6) is 1.81. The van der Waals surface area contributed by atoms with Gasteiger partial charge in [0.15, 0.2) is 5.96 Å². The third-order valence-electron chi connectivity index (χ3n) is 3.68. The molecule has 0 aliphatic rings. The number of rotatable bonds is 7. The molecule has 0 aliphatic carbocycles. The van der Waals surface area contributed by atoms with Crippen LogP contribution in [-0.2, 0) is 13.0 Å². The Morgan fingerprint density at radius 2 is 2.26 bits per heavy atom. The number of furan rings is 1. The molecule has 0 aromatic carbocycles. The monoisotopic (exact) mass is 334 g/mol. The fraction of sp³-hybridized carbons (Fsp3) is 0.529. The maximum absolute atomic E-state index is 5.35. The van der Waals surface area contributed by atoms with Crippen molar-refractivity contribution in [2.24, 2.45) is 4.99 Å². The van der Waals surface area contributed by atoms with E-state index >= 15 is 0 Å². The number of hydrogen-bond donors (Lipinski definition) is 2. The third-order valence-corrected chi connectivity index (χ3v) is 4.74. The van der Waals surface area contributed by atoms with Gasteiger partial charge in [-0.25, -0.2) is 9.98 Å². The highest BCUT2D eigenvalue weighted by atomic mass is 32.1. The summed E-state index contributed by atoms with van der Waals surface area (Å²) in [6.45, 7) is 9.84. The molecule has 2 aromatic rings. The van der Waals surface area contributed by atoms with Gasteiger partial charge in [-0.3, -0.25) is 0 Å². The topological polar surface area (TPSA) is 62.5 Å². The van der Waals surface area contributed by atoms with Crippen LogP contribution in [0.5, 0.6) is 0 Å². The van der Waals surface area contributed by atoms with Gasteiger partial charge in [-0.05, 0) is 39.3 Å². The third kappa shape index (κ3) is 5.71. The normalized spacial score (nSPS) is 13.1. The van der Waals surface area contributed by atoms with Gasteiger partial charge < -0.3 is 15.1 Å². The molecule has 0 aliphatic heterocycles. The second-order valence-corrected chi connectivity index (χ2v) is 6.91. The van der Waals surface area contributed by atoms with Crippen molar-refractivity contribution >= 4 is 17.3 Å². The molecule has 1 unspecified atom stereocenters. The van der Waals surface area contributed by atoms with E-state index in [1.165, 1.54) is 4.88 Å². The summed E-state index contributed by atoms with van der Waals surface area (Å²) in [4.78, 5) is 10.5. The van der Waals surface area contributed by atoms with Crippen molar-refractivity contribution in [1.29, 1.82) is 0 Å². The molecule has 2 heterocycles. The van der Waals surface area contributed by atoms with Crippen molar-refractivity contribution in [2.75, 3.05) is 6.54 Å². The van der Waals surface area contributed by atoms with E-state index in [1.807, 2.05) is 19.1 Å². The Kier molecular flexibility index (Phi) is 6.65. The minimum absolute atomic E-state index is 0.379. The van der Waals surface area contributed by atoms with Gasteiger partial charge in [-0.15, -0.1) is 11.3 Å². The van der Waals surface area contributed by atoms with Gasteiger partial charge in [0.25, 0.3) is 0 Å². The molecule has 126 valence electrons. The summed E-state index contributed by atoms with van der Waals surface area (Å²) in [6.07, 6.45) is 3.59. The molecule has 2 aromatic heterocycles. The largest absolute Gasteiger partial charge is 0.469 e. The molecular formula is C17H26N4OS. The summed E-state index contributed by atoms with van der Waals surface area (Å²) < 4.78 is 5.35. The Hall–Kier alpha value is -1.82. The fourth-order valence-electron chi connectivity index (χ4n) is 2.00. The van der Waals surface area contributed by atoms with Crippen LogP contribution < -0.4 is 10.6 Å². The Balaban J connectivity index is 1.93. The summed E-state index contributed by atoms with van der Waals surface area (Å²) in [7, 11) is 0. The predicted octanol–water partition coefficient (Wildman–Crippen LogP) is 3.43. The Morgan fingerprint density at radius 3 is 2.87 bits per heavy atom. The number of thiazole rings is 1. The molecule has 0 amide bonds. The summed E-state index contributed by atoms with van der Waals surface area (Å²) >= 11 is 1.71. The zero-order valence-corrected chi connectivity index (χ0v) is 15.2. The fourth-order valence-corrected chi connectivity index (χ4v) is 2.86. The molecule has 2 rings (SSSR count). The average molecular weight is 334 g/mol. The first-order valence-electron chi connectivity index (χ1n) is 8.08. The number of hydrogen-bond acceptors (Lipinski definition) is 4. The molecule has 0 spiro atoms. The highest BCUT2D eigenvalue weighted by Gasteiger charge is 2.06. The van der Waals surface area contributed by atoms with Crippen molar-refractivity contribution < 1.29 is 4.42 Å². The van der Waals surface area contributed by atoms with E-state index in [2.05, 4.69) is 41.4 Å². The second-order valence-electron chi connectivity index (χ2n) is 5.62. The van der Waals surface area contributed by atoms with Gasteiger partial charge in [0.1, 0.15) is 10.8 Å². The lowest BCUT2D eigenvalue weighted by atomic mass is 10.3. The van der Waals surface area contributed by atoms with Gasteiger partial charge in [0.2, 0.25) is 0 Å². The van der Waals surface area contributed by atoms with Crippen LogP contribution in [0, 0.1) is 13.8 Å². The van der Waals surface area contributed by atoms with Crippen LogP contribution in [0.3, 0.4) is 0 Å². The smallest absolute Gasteiger partial charge is 0.191 e. The van der Waals surface area contributed by atoms with E-state index in [9.17, 15) is 0 Å². The van der Waals surface area contributed by atoms with Gasteiger partial charge in [0, 0.05) is 23.9 Å². The van der Waals surface area contributed by atoms with E-state index < -0.39 is 0 Å². The Labute approximate surface area is 142 Å². The standard InChI is InChI=1S/C17H26N4OS/c1-5-12(2)20-17(18-9-8-15-7-6-10-22-15)19-11-16-21-13(3)14(4)23-16/h6-7,10,12H,5,8-9,11H2,1-4H3,(H2,18,19,20). The van der Waals surface area contributed by atoms with E-state index in [4.69, 9.17) is 4.42 Å². The van der Waals surface area contributed by atoms with Crippen molar-refractivity contribution in [3.05, 3.63) is 39.7 Å². The average Bonchev–Trinajstić information content (AvgIpc) is 3.15. The lowest BCUT2D eigenvalue weighted by molar-refractivity contribution is 0.506. The molecule has 0 saturated heterocycles. The van der Waals surface area contributed by atoms with Gasteiger partial charge in [-0.2, -0.15) is 0 Å². The molecule has 1 atom stereocenters. The second kappa shape index (κ2) is 8.72. The molecule has 23 heavy (non-hydrogen) atoms. The van der Waals surface area contributed by atoms with E-state index in [-0.39, 0.29) is 0 Å². The van der Waals surface area contributed by atoms with Crippen molar-refractivity contribution in [2.45, 2.75) is 53.1 Å². The minimum atomic E-state index is 0.379. The number of aliphatic imine (C=N–C) groups is 1. The van der Waals surface area contributed by atoms with Gasteiger partial charge >= 0.3 is 0 Å². The van der Waals surface area contributed by atoms with Crippen molar-refractivity contribution in [1.82, 2.24) is 15.6 Å². The van der Waals surface area contributed by atoms with E-state index in [1.54, 1.807) is 17.6 Å². The van der Waals surface area contributed by atoms with Crippen LogP contribution in [0.1, 0.15) is 41.6 Å². The molecule has 0 radical (unpaired) electrons. The van der Waals surface area contributed by atoms with Crippen LogP contribution in [0.2, 0.25) is 0 Å². The summed E-state index contributed by atoms with van der Waals surface area (Å²) in [6, 6.07) is 4.28. The Bertz CT molecular complexity index is 599. The number of nitrogens with zero attached hydrogens (tertiary/aromatic N) is 2. The number of nitrogens with one attached hydrogen (secondary N) is 2. The van der Waals surface area contributed by atoms with E-state index in [0.29, 0.717) is 12.6 Å². The molecular weight excluding hydrogens is 308 g/mol. The number of aryl methyl sites for hydroxylation is 2. The van der Waals surface area contributed by atoms with Crippen LogP contribution in [-0.4, -0.2) is 23.5 Å². The summed E-state index contributed by atoms with van der Waals surface area (Å²) in [5, 5.41) is 7.85. The molecule has 5 nitrogen and oxygen atoms in total. The Morgan fingerprint density at radius 1 is 1.43 bits per heavy atom. The lowest BCUT2D eigenvalue weighted by Gasteiger charge is -2.16. The van der Waals surface area contributed by atoms with Crippen LogP contribution in [0.15, 0.2) is 27.8 Å². The van der Waals surface area contributed by atoms with E-state index in [0.717, 1.165) is 41.8 Å². The first-order valence-corrected chi connectivity index (χ1v) is 8.90. The molecule has 0 bridgehead atoms. The lowest BCUT2D eigenvalue weighted by Crippen LogP contribution is -2.42. The van der Waals surface area contributed by atoms with Crippen molar-refractivity contribution in [3.63, 3.8) is 0 Å². The van der Waals surface area contributed by atoms with Crippen LogP contribution >= 0.6 is 11.3 Å². The zero-order chi connectivity index (χ0) is 16.7. The number of aromatic nitrogens is 1. The summed E-state index contributed by atoms with van der Waals surface area (Å²) in [5.41, 5.74) is 1.10. The van der Waals surface area contributed by atoms with Gasteiger partial charge in [-0.1, -0.05) is 6.92 Å². The van der Waals surface area contributed by atoms with Gasteiger partial charge in [0.05, 0.1) is 18.5 Å². The molecule has 6 heteroatoms. The zero-order valence-electron chi connectivity index (χ0n) is 14.3. The highest BCUT2D eigenvalue weighted by molar-refractivity contribution is 7.11. The highest BCUT2D eigenvalue weighted by Crippen LogP contribution is 2.16. The van der Waals surface area contributed by atoms with Crippen LogP contribution in [0.25, 0.3) is 0 Å². The SMILES string of the molecule is CCC(C)NC(=NCc1nc(C)c(C)s1)NCCc1ccco1. The molecule has 0 saturated carbocycles. The number of guanidine groups is 1.